The molecule has 0 nitrogen and oxygen atoms in total. The molecule has 2 aliphatic rings. The van der Waals surface area contributed by atoms with E-state index in [1.165, 1.54) is 64.2 Å². The van der Waals surface area contributed by atoms with Crippen molar-refractivity contribution < 1.29 is 0 Å². The maximum absolute atomic E-state index is 2.26. The second-order valence-electron chi connectivity index (χ2n) is 4.62. The van der Waals surface area contributed by atoms with E-state index in [4.69, 9.17) is 0 Å². The molecule has 0 spiro atoms. The minimum absolute atomic E-state index is 0. The average Bonchev–Trinajstić information content (AvgIpc) is 2.92. The van der Waals surface area contributed by atoms with Gasteiger partial charge in [0.2, 0.25) is 0 Å². The van der Waals surface area contributed by atoms with E-state index in [1.807, 2.05) is 0 Å². The molecule has 2 saturated carbocycles. The van der Waals surface area contributed by atoms with Gasteiger partial charge in [-0.2, -0.15) is 38.5 Å². The van der Waals surface area contributed by atoms with Crippen LogP contribution in [0.4, 0.5) is 0 Å². The van der Waals surface area contributed by atoms with Crippen molar-refractivity contribution in [1.29, 1.82) is 0 Å². The zero-order valence-corrected chi connectivity index (χ0v) is 12.2. The van der Waals surface area contributed by atoms with Gasteiger partial charge in [-0.25, -0.2) is 0 Å². The molecule has 0 radical (unpaired) electrons. The van der Waals surface area contributed by atoms with Crippen molar-refractivity contribution in [3.05, 3.63) is 11.8 Å². The summed E-state index contributed by atoms with van der Waals surface area (Å²) in [6, 6.07) is 0. The summed E-state index contributed by atoms with van der Waals surface area (Å²) in [5.41, 5.74) is 0. The SMILES string of the molecule is CC[C-]1CCCC1.CC[C-]1CCCC1.[Mg+2]. The molecule has 0 aliphatic heterocycles. The summed E-state index contributed by atoms with van der Waals surface area (Å²) in [5, 5.41) is 0. The third kappa shape index (κ3) is 6.83. The van der Waals surface area contributed by atoms with Crippen molar-refractivity contribution in [3.63, 3.8) is 0 Å². The van der Waals surface area contributed by atoms with Gasteiger partial charge in [0.15, 0.2) is 0 Å². The molecule has 0 heterocycles. The van der Waals surface area contributed by atoms with Gasteiger partial charge in [-0.15, -0.1) is 0 Å². The molecule has 0 aromatic rings. The second-order valence-corrected chi connectivity index (χ2v) is 4.62. The van der Waals surface area contributed by atoms with Crippen LogP contribution in [-0.2, 0) is 0 Å². The fraction of sp³-hybridized carbons (Fsp3) is 0.857. The smallest absolute Gasteiger partial charge is 0.314 e. The van der Waals surface area contributed by atoms with Gasteiger partial charge in [0.05, 0.1) is 0 Å². The third-order valence-corrected chi connectivity index (χ3v) is 3.62. The molecule has 0 atom stereocenters. The van der Waals surface area contributed by atoms with E-state index < -0.39 is 0 Å². The van der Waals surface area contributed by atoms with Gasteiger partial charge in [0.1, 0.15) is 0 Å². The molecule has 2 aliphatic carbocycles. The first kappa shape index (κ1) is 15.8. The predicted octanol–water partition coefficient (Wildman–Crippen LogP) is 4.71. The molecular formula is C14H26Mg. The molecule has 15 heavy (non-hydrogen) atoms. The minimum Gasteiger partial charge on any atom is -0.314 e. The maximum atomic E-state index is 2.26. The molecule has 2 fully saturated rings. The largest absolute Gasteiger partial charge is 2.00 e. The second kappa shape index (κ2) is 9.95. The van der Waals surface area contributed by atoms with Crippen LogP contribution in [0.1, 0.15) is 78.1 Å². The van der Waals surface area contributed by atoms with E-state index in [1.54, 1.807) is 11.8 Å². The van der Waals surface area contributed by atoms with E-state index >= 15 is 0 Å². The normalized spacial score (nSPS) is 22.0. The van der Waals surface area contributed by atoms with Gasteiger partial charge < -0.3 is 11.8 Å². The fourth-order valence-electron chi connectivity index (χ4n) is 2.46. The van der Waals surface area contributed by atoms with Crippen LogP contribution >= 0.6 is 0 Å². The molecule has 0 bridgehead atoms. The van der Waals surface area contributed by atoms with Gasteiger partial charge >= 0.3 is 23.1 Å². The van der Waals surface area contributed by atoms with E-state index in [0.29, 0.717) is 0 Å². The van der Waals surface area contributed by atoms with Crippen LogP contribution in [0.3, 0.4) is 0 Å². The standard InChI is InChI=1S/2C7H13.Mg/c2*1-2-7-5-3-4-6-7;/h2*2-6H2,1H3;/q2*-1;+2. The van der Waals surface area contributed by atoms with Crippen LogP contribution in [0.2, 0.25) is 0 Å². The number of rotatable bonds is 2. The van der Waals surface area contributed by atoms with Crippen LogP contribution < -0.4 is 0 Å². The minimum atomic E-state index is 0. The van der Waals surface area contributed by atoms with E-state index in [-0.39, 0.29) is 23.1 Å². The molecule has 84 valence electrons. The summed E-state index contributed by atoms with van der Waals surface area (Å²) in [4.78, 5) is 0. The fourth-order valence-corrected chi connectivity index (χ4v) is 2.46. The van der Waals surface area contributed by atoms with Crippen molar-refractivity contribution in [2.75, 3.05) is 0 Å². The van der Waals surface area contributed by atoms with Gasteiger partial charge in [0.25, 0.3) is 0 Å². The average molecular weight is 219 g/mol. The van der Waals surface area contributed by atoms with Crippen LogP contribution in [0.15, 0.2) is 0 Å². The Morgan fingerprint density at radius 2 is 0.933 bits per heavy atom. The van der Waals surface area contributed by atoms with Crippen molar-refractivity contribution in [3.8, 4) is 0 Å². The van der Waals surface area contributed by atoms with E-state index in [0.717, 1.165) is 0 Å². The summed E-state index contributed by atoms with van der Waals surface area (Å²) in [7, 11) is 0. The Hall–Kier alpha value is 0.766. The van der Waals surface area contributed by atoms with Crippen molar-refractivity contribution in [2.24, 2.45) is 0 Å². The van der Waals surface area contributed by atoms with Gasteiger partial charge in [-0.3, -0.25) is 0 Å². The van der Waals surface area contributed by atoms with Gasteiger partial charge in [-0.1, -0.05) is 39.5 Å². The van der Waals surface area contributed by atoms with Crippen LogP contribution in [0.25, 0.3) is 0 Å². The van der Waals surface area contributed by atoms with Crippen molar-refractivity contribution in [1.82, 2.24) is 0 Å². The van der Waals surface area contributed by atoms with Crippen molar-refractivity contribution >= 4 is 23.1 Å². The molecule has 0 amide bonds. The van der Waals surface area contributed by atoms with E-state index in [9.17, 15) is 0 Å². The molecule has 0 aromatic carbocycles. The van der Waals surface area contributed by atoms with Crippen LogP contribution in [0, 0.1) is 11.8 Å². The number of hydrogen-bond donors (Lipinski definition) is 0. The van der Waals surface area contributed by atoms with Crippen LogP contribution in [-0.4, -0.2) is 23.1 Å². The van der Waals surface area contributed by atoms with E-state index in [2.05, 4.69) is 13.8 Å². The molecule has 1 heteroatoms. The Bertz CT molecular complexity index is 105. The van der Waals surface area contributed by atoms with Crippen molar-refractivity contribution in [2.45, 2.75) is 78.1 Å². The summed E-state index contributed by atoms with van der Waals surface area (Å²) in [5.74, 6) is 3.58. The summed E-state index contributed by atoms with van der Waals surface area (Å²) in [6.45, 7) is 4.53. The number of hydrogen-bond acceptors (Lipinski definition) is 0. The monoisotopic (exact) mass is 218 g/mol. The Labute approximate surface area is 113 Å². The summed E-state index contributed by atoms with van der Waals surface area (Å²) in [6.07, 6.45) is 14.2. The summed E-state index contributed by atoms with van der Waals surface area (Å²) < 4.78 is 0. The third-order valence-electron chi connectivity index (χ3n) is 3.62. The topological polar surface area (TPSA) is 0 Å². The first-order chi connectivity index (χ1) is 6.86. The Balaban J connectivity index is 0.000000245. The molecule has 0 aromatic heterocycles. The molecule has 2 rings (SSSR count). The Morgan fingerprint density at radius 3 is 1.07 bits per heavy atom. The molecule has 0 N–H and O–H groups in total. The molecule has 0 unspecified atom stereocenters. The van der Waals surface area contributed by atoms with Gasteiger partial charge in [0, 0.05) is 0 Å². The quantitative estimate of drug-likeness (QED) is 0.465. The summed E-state index contributed by atoms with van der Waals surface area (Å²) >= 11 is 0. The first-order valence-corrected chi connectivity index (χ1v) is 6.54. The molecule has 0 saturated heterocycles. The first-order valence-electron chi connectivity index (χ1n) is 6.54. The maximum Gasteiger partial charge on any atom is 2.00 e. The zero-order valence-electron chi connectivity index (χ0n) is 10.8. The van der Waals surface area contributed by atoms with Gasteiger partial charge in [-0.05, 0) is 0 Å². The predicted molar refractivity (Wildman–Crippen MR) is 69.8 cm³/mol. The Kier molecular flexibility index (Phi) is 10.5. The van der Waals surface area contributed by atoms with Crippen LogP contribution in [0.5, 0.6) is 0 Å². The molecular weight excluding hydrogens is 192 g/mol. The Morgan fingerprint density at radius 1 is 0.667 bits per heavy atom. The zero-order chi connectivity index (χ0) is 10.2.